The Hall–Kier alpha value is -3.71. The van der Waals surface area contributed by atoms with Crippen LogP contribution in [0.2, 0.25) is 0 Å². The van der Waals surface area contributed by atoms with E-state index in [4.69, 9.17) is 0 Å². The minimum absolute atomic E-state index is 0.239. The summed E-state index contributed by atoms with van der Waals surface area (Å²) in [4.78, 5) is 26.6. The Morgan fingerprint density at radius 1 is 0.788 bits per heavy atom. The molecule has 3 aromatic carbocycles. The van der Waals surface area contributed by atoms with Gasteiger partial charge in [0.15, 0.2) is 11.0 Å². The van der Waals surface area contributed by atoms with Crippen molar-refractivity contribution in [1.82, 2.24) is 19.7 Å². The van der Waals surface area contributed by atoms with Gasteiger partial charge in [0.2, 0.25) is 0 Å². The highest BCUT2D eigenvalue weighted by Gasteiger charge is 2.34. The minimum Gasteiger partial charge on any atom is -0.273 e. The molecule has 4 aromatic rings. The molecule has 164 valence electrons. The van der Waals surface area contributed by atoms with Crippen molar-refractivity contribution in [2.45, 2.75) is 19.0 Å². The second-order valence-electron chi connectivity index (χ2n) is 7.93. The molecule has 1 aliphatic rings. The normalized spacial score (nSPS) is 13.0. The van der Waals surface area contributed by atoms with E-state index < -0.39 is 0 Å². The first-order valence-corrected chi connectivity index (χ1v) is 11.7. The largest absolute Gasteiger partial charge is 0.273 e. The summed E-state index contributed by atoms with van der Waals surface area (Å²) in [6.45, 7) is 4.47. The van der Waals surface area contributed by atoms with Crippen LogP contribution in [0.1, 0.15) is 31.8 Å². The molecular weight excluding hydrogens is 432 g/mol. The summed E-state index contributed by atoms with van der Waals surface area (Å²) in [7, 11) is 0. The van der Waals surface area contributed by atoms with E-state index in [0.29, 0.717) is 28.6 Å². The third-order valence-electron chi connectivity index (χ3n) is 5.84. The fourth-order valence-corrected chi connectivity index (χ4v) is 4.78. The minimum atomic E-state index is -0.239. The molecule has 1 aliphatic heterocycles. The molecule has 0 saturated heterocycles. The maximum Gasteiger partial charge on any atom is 0.261 e. The van der Waals surface area contributed by atoms with E-state index in [0.717, 1.165) is 17.1 Å². The summed E-state index contributed by atoms with van der Waals surface area (Å²) in [5, 5.41) is 9.64. The van der Waals surface area contributed by atoms with Gasteiger partial charge in [-0.1, -0.05) is 60.3 Å². The molecule has 0 radical (unpaired) electrons. The molecule has 0 N–H and O–H groups in total. The van der Waals surface area contributed by atoms with Gasteiger partial charge in [0, 0.05) is 17.9 Å². The topological polar surface area (TPSA) is 68.1 Å². The van der Waals surface area contributed by atoms with Gasteiger partial charge in [-0.15, -0.1) is 10.2 Å². The van der Waals surface area contributed by atoms with Crippen LogP contribution >= 0.6 is 11.8 Å². The number of hydrogen-bond acceptors (Lipinski definition) is 5. The number of nitrogens with zero attached hydrogens (tertiary/aromatic N) is 4. The Morgan fingerprint density at radius 2 is 1.45 bits per heavy atom. The van der Waals surface area contributed by atoms with Crippen LogP contribution in [0.25, 0.3) is 17.1 Å². The lowest BCUT2D eigenvalue weighted by molar-refractivity contribution is 0.0664. The molecular formula is C26H22N4O2S. The summed E-state index contributed by atoms with van der Waals surface area (Å²) in [5.41, 5.74) is 5.28. The molecule has 6 nitrogen and oxygen atoms in total. The zero-order chi connectivity index (χ0) is 22.9. The van der Waals surface area contributed by atoms with Crippen LogP contribution in [0.4, 0.5) is 0 Å². The summed E-state index contributed by atoms with van der Waals surface area (Å²) < 4.78 is 2.04. The van der Waals surface area contributed by atoms with Crippen LogP contribution in [-0.4, -0.2) is 43.8 Å². The van der Waals surface area contributed by atoms with Gasteiger partial charge in [-0.2, -0.15) is 0 Å². The predicted octanol–water partition coefficient (Wildman–Crippen LogP) is 4.94. The van der Waals surface area contributed by atoms with Gasteiger partial charge >= 0.3 is 0 Å². The van der Waals surface area contributed by atoms with Crippen molar-refractivity contribution in [3.05, 3.63) is 95.1 Å². The summed E-state index contributed by atoms with van der Waals surface area (Å²) in [6.07, 6.45) is 0. The number of carbonyl (C=O) groups is 2. The van der Waals surface area contributed by atoms with Crippen molar-refractivity contribution >= 4 is 23.6 Å². The van der Waals surface area contributed by atoms with Crippen LogP contribution in [-0.2, 0) is 0 Å². The van der Waals surface area contributed by atoms with Crippen LogP contribution in [0.15, 0.2) is 78.0 Å². The highest BCUT2D eigenvalue weighted by atomic mass is 32.2. The average Bonchev–Trinajstić information content (AvgIpc) is 3.36. The van der Waals surface area contributed by atoms with Gasteiger partial charge in [-0.05, 0) is 49.2 Å². The maximum absolute atomic E-state index is 12.7. The van der Waals surface area contributed by atoms with Crippen LogP contribution in [0, 0.1) is 13.8 Å². The fourth-order valence-electron chi connectivity index (χ4n) is 3.91. The Labute approximate surface area is 196 Å². The number of amides is 2. The first-order chi connectivity index (χ1) is 16.0. The van der Waals surface area contributed by atoms with Crippen molar-refractivity contribution in [2.75, 3.05) is 12.3 Å². The fraction of sp³-hybridized carbons (Fsp3) is 0.154. The highest BCUT2D eigenvalue weighted by Crippen LogP contribution is 2.30. The number of thioether (sulfide) groups is 1. The molecule has 1 aromatic heterocycles. The average molecular weight is 455 g/mol. The lowest BCUT2D eigenvalue weighted by Gasteiger charge is -2.14. The SMILES string of the molecule is Cc1ccc(-n2c(SCCN3C(=O)c4ccccc4C3=O)nnc2-c2ccccc2)cc1C. The lowest BCUT2D eigenvalue weighted by atomic mass is 10.1. The highest BCUT2D eigenvalue weighted by molar-refractivity contribution is 7.99. The van der Waals surface area contributed by atoms with E-state index in [-0.39, 0.29) is 11.8 Å². The van der Waals surface area contributed by atoms with Crippen molar-refractivity contribution in [3.63, 3.8) is 0 Å². The molecule has 2 amide bonds. The summed E-state index contributed by atoms with van der Waals surface area (Å²) >= 11 is 1.48. The standard InChI is InChI=1S/C26H22N4O2S/c1-17-12-13-20(16-18(17)2)30-23(19-8-4-3-5-9-19)27-28-26(30)33-15-14-29-24(31)21-10-6-7-11-22(21)25(29)32/h3-13,16H,14-15H2,1-2H3. The van der Waals surface area contributed by atoms with Crippen molar-refractivity contribution < 1.29 is 9.59 Å². The summed E-state index contributed by atoms with van der Waals surface area (Å²) in [5.74, 6) is 0.791. The van der Waals surface area contributed by atoms with Gasteiger partial charge in [0.1, 0.15) is 0 Å². The number of fused-ring (bicyclic) bond motifs is 1. The smallest absolute Gasteiger partial charge is 0.261 e. The molecule has 5 rings (SSSR count). The number of aromatic nitrogens is 3. The number of imide groups is 1. The van der Waals surface area contributed by atoms with E-state index >= 15 is 0 Å². The number of benzene rings is 3. The predicted molar refractivity (Wildman–Crippen MR) is 129 cm³/mol. The van der Waals surface area contributed by atoms with Crippen LogP contribution in [0.3, 0.4) is 0 Å². The maximum atomic E-state index is 12.7. The second kappa shape index (κ2) is 8.67. The third-order valence-corrected chi connectivity index (χ3v) is 6.75. The van der Waals surface area contributed by atoms with E-state index in [9.17, 15) is 9.59 Å². The zero-order valence-corrected chi connectivity index (χ0v) is 19.2. The second-order valence-corrected chi connectivity index (χ2v) is 8.99. The zero-order valence-electron chi connectivity index (χ0n) is 18.4. The molecule has 0 bridgehead atoms. The van der Waals surface area contributed by atoms with Crippen molar-refractivity contribution in [3.8, 4) is 17.1 Å². The molecule has 0 saturated carbocycles. The number of hydrogen-bond donors (Lipinski definition) is 0. The third kappa shape index (κ3) is 3.85. The van der Waals surface area contributed by atoms with Crippen molar-refractivity contribution in [1.29, 1.82) is 0 Å². The molecule has 7 heteroatoms. The van der Waals surface area contributed by atoms with E-state index in [2.05, 4.69) is 42.2 Å². The molecule has 0 aliphatic carbocycles. The number of rotatable bonds is 6. The van der Waals surface area contributed by atoms with E-state index in [1.54, 1.807) is 24.3 Å². The molecule has 0 spiro atoms. The van der Waals surface area contributed by atoms with Crippen LogP contribution in [0.5, 0.6) is 0 Å². The molecule has 33 heavy (non-hydrogen) atoms. The molecule has 2 heterocycles. The molecule has 0 atom stereocenters. The van der Waals surface area contributed by atoms with E-state index in [1.165, 1.54) is 27.8 Å². The van der Waals surface area contributed by atoms with Gasteiger partial charge in [0.25, 0.3) is 11.8 Å². The Balaban J connectivity index is 1.42. The molecule has 0 fully saturated rings. The van der Waals surface area contributed by atoms with Gasteiger partial charge in [-0.25, -0.2) is 0 Å². The van der Waals surface area contributed by atoms with Crippen LogP contribution < -0.4 is 0 Å². The van der Waals surface area contributed by atoms with Crippen molar-refractivity contribution in [2.24, 2.45) is 0 Å². The lowest BCUT2D eigenvalue weighted by Crippen LogP contribution is -2.31. The first kappa shape index (κ1) is 21.2. The van der Waals surface area contributed by atoms with E-state index in [1.807, 2.05) is 34.9 Å². The number of aryl methyl sites for hydroxylation is 2. The quantitative estimate of drug-likeness (QED) is 0.305. The Bertz CT molecular complexity index is 1330. The first-order valence-electron chi connectivity index (χ1n) is 10.7. The molecule has 0 unspecified atom stereocenters. The van der Waals surface area contributed by atoms with Gasteiger partial charge in [0.05, 0.1) is 16.8 Å². The van der Waals surface area contributed by atoms with Gasteiger partial charge in [-0.3, -0.25) is 19.1 Å². The number of carbonyl (C=O) groups excluding carboxylic acids is 2. The Morgan fingerprint density at radius 3 is 2.12 bits per heavy atom. The van der Waals surface area contributed by atoms with Gasteiger partial charge < -0.3 is 0 Å². The Kier molecular flexibility index (Phi) is 5.56. The monoisotopic (exact) mass is 454 g/mol. The summed E-state index contributed by atoms with van der Waals surface area (Å²) in [6, 6.07) is 23.2.